The zero-order valence-corrected chi connectivity index (χ0v) is 38.6. The van der Waals surface area contributed by atoms with Crippen LogP contribution in [-0.2, 0) is 6.18 Å². The van der Waals surface area contributed by atoms with Gasteiger partial charge in [0.05, 0.1) is 27.4 Å². The lowest BCUT2D eigenvalue weighted by Crippen LogP contribution is -2.47. The van der Waals surface area contributed by atoms with E-state index < -0.39 is 29.2 Å². The second-order valence-electron chi connectivity index (χ2n) is 19.6. The maximum Gasteiger partial charge on any atom is 0.417 e. The van der Waals surface area contributed by atoms with Crippen LogP contribution in [0.15, 0.2) is 18.2 Å². The fourth-order valence-electron chi connectivity index (χ4n) is 8.61. The highest BCUT2D eigenvalue weighted by molar-refractivity contribution is 6.32. The molecule has 57 heavy (non-hydrogen) atoms. The van der Waals surface area contributed by atoms with E-state index in [1.165, 1.54) is 90.0 Å². The van der Waals surface area contributed by atoms with E-state index in [9.17, 15) is 37.3 Å². The van der Waals surface area contributed by atoms with Gasteiger partial charge in [-0.2, -0.15) is 13.2 Å². The molecule has 4 saturated carbocycles. The first-order chi connectivity index (χ1) is 26.2. The van der Waals surface area contributed by atoms with Crippen molar-refractivity contribution in [3.05, 3.63) is 34.3 Å². The lowest BCUT2D eigenvalue weighted by atomic mass is 9.71. The predicted octanol–water partition coefficient (Wildman–Crippen LogP) is 15.6. The minimum absolute atomic E-state index is 0.00944. The van der Waals surface area contributed by atoms with Crippen LogP contribution in [0.4, 0.5) is 22.0 Å². The molecule has 0 heterocycles. The van der Waals surface area contributed by atoms with Gasteiger partial charge in [0.2, 0.25) is 0 Å². The van der Waals surface area contributed by atoms with Gasteiger partial charge in [0.15, 0.2) is 0 Å². The first-order valence-corrected chi connectivity index (χ1v) is 23.0. The van der Waals surface area contributed by atoms with Crippen LogP contribution < -0.4 is 0 Å². The van der Waals surface area contributed by atoms with Crippen LogP contribution in [0.5, 0.6) is 0 Å². The standard InChI is InChI=1S/C10H10ClF3.C10H18F2O.C10H20O.C10H20.C8H16O/c1-6(2)7-4-3-5-8(9(7)11)10(12,13)14;1-7(2)9(13)4-5-10(11,12)8(3)6-9;1-9(2)10(11)7-5-3-4-6-8-10;1-9(2)10-7-5-3-4-6-8-10;1-7(2)8(9)5-3-4-6-8/h3-6H,1-2H3;7-8,13H,4-6H2,1-3H3;9,11H,3-8H2,1-2H3;9-10H,3-8H2,1-2H3;7,9H,3-6H2,1-2H3. The molecule has 0 bridgehead atoms. The molecule has 5 rings (SSSR count). The Balaban J connectivity index is 0.000000359. The maximum absolute atomic E-state index is 13.1. The highest BCUT2D eigenvalue weighted by atomic mass is 35.5. The van der Waals surface area contributed by atoms with Crippen LogP contribution in [0.3, 0.4) is 0 Å². The SMILES string of the molecule is CC(C)C1(O)CCCC1.CC(C)C1(O)CCCCCC1.CC(C)C1CCCCCC1.CC(C)c1cccc(C(F)(F)F)c1Cl.CC1CC(O)(C(C)C)CCC1(F)F. The van der Waals surface area contributed by atoms with Gasteiger partial charge < -0.3 is 15.3 Å². The average molecular weight is 840 g/mol. The van der Waals surface area contributed by atoms with E-state index in [-0.39, 0.29) is 47.3 Å². The third-order valence-electron chi connectivity index (χ3n) is 13.7. The minimum Gasteiger partial charge on any atom is -0.390 e. The third kappa shape index (κ3) is 18.3. The number of benzene rings is 1. The summed E-state index contributed by atoms with van der Waals surface area (Å²) < 4.78 is 63.4. The number of hydrogen-bond acceptors (Lipinski definition) is 3. The van der Waals surface area contributed by atoms with Gasteiger partial charge >= 0.3 is 6.18 Å². The molecule has 2 atom stereocenters. The van der Waals surface area contributed by atoms with E-state index in [1.807, 2.05) is 13.8 Å². The lowest BCUT2D eigenvalue weighted by molar-refractivity contribution is -0.154. The van der Waals surface area contributed by atoms with Crippen molar-refractivity contribution in [2.75, 3.05) is 0 Å². The van der Waals surface area contributed by atoms with Gasteiger partial charge in [0.25, 0.3) is 5.92 Å². The smallest absolute Gasteiger partial charge is 0.390 e. The molecule has 3 nitrogen and oxygen atoms in total. The van der Waals surface area contributed by atoms with Crippen LogP contribution >= 0.6 is 11.6 Å². The highest BCUT2D eigenvalue weighted by Gasteiger charge is 2.48. The molecule has 4 aliphatic carbocycles. The maximum atomic E-state index is 13.1. The first-order valence-electron chi connectivity index (χ1n) is 22.6. The number of hydrogen-bond donors (Lipinski definition) is 3. The Kier molecular flexibility index (Phi) is 23.2. The van der Waals surface area contributed by atoms with Crippen molar-refractivity contribution >= 4 is 11.6 Å². The molecule has 3 N–H and O–H groups in total. The summed E-state index contributed by atoms with van der Waals surface area (Å²) in [6, 6.07) is 3.99. The molecular weight excluding hydrogens is 755 g/mol. The summed E-state index contributed by atoms with van der Waals surface area (Å²) in [5, 5.41) is 29.7. The quantitative estimate of drug-likeness (QED) is 0.204. The summed E-state index contributed by atoms with van der Waals surface area (Å²) in [6.07, 6.45) is 16.4. The first kappa shape index (κ1) is 54.1. The molecule has 1 aromatic rings. The molecule has 0 saturated heterocycles. The van der Waals surface area contributed by atoms with Crippen LogP contribution in [0.25, 0.3) is 0 Å². The average Bonchev–Trinajstić information content (AvgIpc) is 3.27. The van der Waals surface area contributed by atoms with Gasteiger partial charge in [-0.25, -0.2) is 8.78 Å². The Bertz CT molecular complexity index is 1220. The summed E-state index contributed by atoms with van der Waals surface area (Å²) in [5.74, 6) is -0.383. The second-order valence-corrected chi connectivity index (χ2v) is 20.0. The molecule has 336 valence electrons. The van der Waals surface area contributed by atoms with Crippen molar-refractivity contribution in [3.63, 3.8) is 0 Å². The number of aliphatic hydroxyl groups is 3. The van der Waals surface area contributed by atoms with Gasteiger partial charge in [-0.15, -0.1) is 0 Å². The zero-order chi connectivity index (χ0) is 43.8. The van der Waals surface area contributed by atoms with E-state index in [1.54, 1.807) is 19.9 Å². The van der Waals surface area contributed by atoms with Crippen molar-refractivity contribution in [1.29, 1.82) is 0 Å². The van der Waals surface area contributed by atoms with E-state index in [4.69, 9.17) is 11.6 Å². The van der Waals surface area contributed by atoms with E-state index in [0.29, 0.717) is 17.4 Å². The van der Waals surface area contributed by atoms with Crippen LogP contribution in [0.2, 0.25) is 5.02 Å². The van der Waals surface area contributed by atoms with Gasteiger partial charge in [-0.05, 0) is 85.7 Å². The van der Waals surface area contributed by atoms with Crippen LogP contribution in [0.1, 0.15) is 215 Å². The predicted molar refractivity (Wildman–Crippen MR) is 230 cm³/mol. The summed E-state index contributed by atoms with van der Waals surface area (Å²) in [6.45, 7) is 22.1. The van der Waals surface area contributed by atoms with Crippen molar-refractivity contribution < 1.29 is 37.3 Å². The van der Waals surface area contributed by atoms with Crippen molar-refractivity contribution in [2.45, 2.75) is 233 Å². The molecule has 0 radical (unpaired) electrons. The summed E-state index contributed by atoms with van der Waals surface area (Å²) in [4.78, 5) is 0. The molecule has 9 heteroatoms. The number of rotatable bonds is 5. The van der Waals surface area contributed by atoms with Crippen LogP contribution in [0, 0.1) is 35.5 Å². The summed E-state index contributed by atoms with van der Waals surface area (Å²) in [7, 11) is 0. The molecule has 0 amide bonds. The van der Waals surface area contributed by atoms with Crippen LogP contribution in [-0.4, -0.2) is 38.0 Å². The molecule has 0 aliphatic heterocycles. The number of alkyl halides is 5. The molecule has 4 fully saturated rings. The molecule has 0 aromatic heterocycles. The summed E-state index contributed by atoms with van der Waals surface area (Å²) >= 11 is 5.67. The molecule has 0 spiro atoms. The largest absolute Gasteiger partial charge is 0.417 e. The van der Waals surface area contributed by atoms with Gasteiger partial charge in [0.1, 0.15) is 0 Å². The molecule has 1 aromatic carbocycles. The Labute approximate surface area is 350 Å². The lowest BCUT2D eigenvalue weighted by Gasteiger charge is -2.42. The minimum atomic E-state index is -4.37. The fourth-order valence-corrected chi connectivity index (χ4v) is 9.06. The van der Waals surface area contributed by atoms with E-state index >= 15 is 0 Å². The van der Waals surface area contributed by atoms with E-state index in [0.717, 1.165) is 43.6 Å². The molecular formula is C48H84ClF5O3. The van der Waals surface area contributed by atoms with Crippen molar-refractivity contribution in [1.82, 2.24) is 0 Å². The Morgan fingerprint density at radius 3 is 1.35 bits per heavy atom. The molecule has 4 aliphatic rings. The highest BCUT2D eigenvalue weighted by Crippen LogP contribution is 2.45. The van der Waals surface area contributed by atoms with Crippen molar-refractivity contribution in [3.8, 4) is 0 Å². The monoisotopic (exact) mass is 839 g/mol. The molecule has 2 unspecified atom stereocenters. The van der Waals surface area contributed by atoms with Gasteiger partial charge in [-0.1, -0.05) is 177 Å². The third-order valence-corrected chi connectivity index (χ3v) is 14.2. The normalized spacial score (nSPS) is 24.9. The Hall–Kier alpha value is -0.960. The fraction of sp³-hybridized carbons (Fsp3) is 0.875. The van der Waals surface area contributed by atoms with Crippen molar-refractivity contribution in [2.24, 2.45) is 35.5 Å². The Morgan fingerprint density at radius 2 is 1.00 bits per heavy atom. The van der Waals surface area contributed by atoms with Gasteiger partial charge in [0, 0.05) is 12.3 Å². The summed E-state index contributed by atoms with van der Waals surface area (Å²) in [5.41, 5.74) is -1.75. The second kappa shape index (κ2) is 24.5. The van der Waals surface area contributed by atoms with E-state index in [2.05, 4.69) is 41.5 Å². The zero-order valence-electron chi connectivity index (χ0n) is 37.8. The van der Waals surface area contributed by atoms with Gasteiger partial charge in [-0.3, -0.25) is 0 Å². The number of halogens is 6. The Morgan fingerprint density at radius 1 is 0.596 bits per heavy atom. The topological polar surface area (TPSA) is 60.7 Å².